The van der Waals surface area contributed by atoms with E-state index < -0.39 is 5.60 Å². The molecule has 0 spiro atoms. The van der Waals surface area contributed by atoms with Crippen molar-refractivity contribution in [1.82, 2.24) is 15.2 Å². The van der Waals surface area contributed by atoms with Crippen molar-refractivity contribution in [2.75, 3.05) is 36.0 Å². The van der Waals surface area contributed by atoms with Crippen LogP contribution in [0, 0.1) is 0 Å². The first kappa shape index (κ1) is 22.3. The van der Waals surface area contributed by atoms with Gasteiger partial charge in [-0.25, -0.2) is 4.98 Å². The van der Waals surface area contributed by atoms with Crippen molar-refractivity contribution >= 4 is 22.4 Å². The van der Waals surface area contributed by atoms with E-state index in [1.165, 1.54) is 10.9 Å². The number of anilines is 2. The summed E-state index contributed by atoms with van der Waals surface area (Å²) in [6, 6.07) is 23.0. The largest absolute Gasteiger partial charge is 0.390 e. The third-order valence-corrected chi connectivity index (χ3v) is 6.31. The van der Waals surface area contributed by atoms with Crippen molar-refractivity contribution in [2.24, 2.45) is 0 Å². The Bertz CT molecular complexity index is 1240. The highest BCUT2D eigenvalue weighted by Crippen LogP contribution is 2.28. The Morgan fingerprint density at radius 3 is 2.12 bits per heavy atom. The monoisotopic (exact) mass is 453 g/mol. The van der Waals surface area contributed by atoms with Crippen LogP contribution in [0.4, 0.5) is 11.6 Å². The molecule has 3 heterocycles. The lowest BCUT2D eigenvalue weighted by Crippen LogP contribution is -2.47. The van der Waals surface area contributed by atoms with Crippen molar-refractivity contribution in [1.29, 1.82) is 0 Å². The number of benzene rings is 2. The molecule has 0 amide bonds. The number of pyridine rings is 1. The summed E-state index contributed by atoms with van der Waals surface area (Å²) in [6.45, 7) is 7.12. The molecule has 34 heavy (non-hydrogen) atoms. The van der Waals surface area contributed by atoms with E-state index in [4.69, 9.17) is 0 Å². The maximum atomic E-state index is 10.0. The molecule has 0 atom stereocenters. The third-order valence-electron chi connectivity index (χ3n) is 6.31. The zero-order chi connectivity index (χ0) is 23.5. The van der Waals surface area contributed by atoms with Gasteiger partial charge in [-0.15, -0.1) is 5.10 Å². The molecule has 1 fully saturated rings. The summed E-state index contributed by atoms with van der Waals surface area (Å²) in [5.41, 5.74) is 2.58. The van der Waals surface area contributed by atoms with Crippen LogP contribution in [0.3, 0.4) is 0 Å². The second-order valence-corrected chi connectivity index (χ2v) is 9.67. The Kier molecular flexibility index (Phi) is 6.16. The third kappa shape index (κ3) is 5.02. The van der Waals surface area contributed by atoms with E-state index in [0.717, 1.165) is 60.9 Å². The number of piperazine rings is 1. The van der Waals surface area contributed by atoms with Crippen LogP contribution in [0.25, 0.3) is 10.8 Å². The highest BCUT2D eigenvalue weighted by atomic mass is 16.3. The first-order valence-electron chi connectivity index (χ1n) is 11.9. The molecule has 0 aliphatic carbocycles. The van der Waals surface area contributed by atoms with Crippen LogP contribution in [-0.2, 0) is 12.8 Å². The topological polar surface area (TPSA) is 65.4 Å². The Labute approximate surface area is 200 Å². The minimum Gasteiger partial charge on any atom is -0.390 e. The van der Waals surface area contributed by atoms with Crippen LogP contribution in [-0.4, -0.2) is 52.1 Å². The van der Waals surface area contributed by atoms with Gasteiger partial charge in [-0.05, 0) is 31.0 Å². The van der Waals surface area contributed by atoms with Gasteiger partial charge in [0.15, 0.2) is 5.82 Å². The molecule has 4 aromatic rings. The lowest BCUT2D eigenvalue weighted by Gasteiger charge is -2.36. The van der Waals surface area contributed by atoms with Crippen LogP contribution >= 0.6 is 0 Å². The minimum absolute atomic E-state index is 0.597. The quantitative estimate of drug-likeness (QED) is 0.471. The number of hydrogen-bond donors (Lipinski definition) is 1. The number of hydrogen-bond acceptors (Lipinski definition) is 6. The summed E-state index contributed by atoms with van der Waals surface area (Å²) in [4.78, 5) is 9.30. The predicted octanol–water partition coefficient (Wildman–Crippen LogP) is 4.26. The zero-order valence-corrected chi connectivity index (χ0v) is 19.9. The summed E-state index contributed by atoms with van der Waals surface area (Å²) < 4.78 is 0. The van der Waals surface area contributed by atoms with Crippen molar-refractivity contribution in [2.45, 2.75) is 32.3 Å². The maximum absolute atomic E-state index is 10.0. The van der Waals surface area contributed by atoms with Gasteiger partial charge >= 0.3 is 0 Å². The molecule has 174 valence electrons. The van der Waals surface area contributed by atoms with Crippen LogP contribution in [0.15, 0.2) is 72.9 Å². The van der Waals surface area contributed by atoms with E-state index >= 15 is 0 Å². The first-order chi connectivity index (χ1) is 16.5. The molecular weight excluding hydrogens is 422 g/mol. The van der Waals surface area contributed by atoms with E-state index in [2.05, 4.69) is 85.6 Å². The van der Waals surface area contributed by atoms with Crippen molar-refractivity contribution in [3.63, 3.8) is 0 Å². The van der Waals surface area contributed by atoms with Gasteiger partial charge in [-0.2, -0.15) is 5.10 Å². The Morgan fingerprint density at radius 1 is 0.765 bits per heavy atom. The number of fused-ring (bicyclic) bond motifs is 1. The summed E-state index contributed by atoms with van der Waals surface area (Å²) in [7, 11) is 0. The van der Waals surface area contributed by atoms with Gasteiger partial charge in [0.1, 0.15) is 5.82 Å². The molecule has 6 heteroatoms. The van der Waals surface area contributed by atoms with Crippen LogP contribution in [0.2, 0.25) is 0 Å². The summed E-state index contributed by atoms with van der Waals surface area (Å²) in [6.07, 6.45) is 3.25. The smallest absolute Gasteiger partial charge is 0.159 e. The molecule has 6 nitrogen and oxygen atoms in total. The predicted molar refractivity (Wildman–Crippen MR) is 137 cm³/mol. The lowest BCUT2D eigenvalue weighted by molar-refractivity contribution is 0.0809. The normalized spacial score (nSPS) is 14.6. The highest BCUT2D eigenvalue weighted by Gasteiger charge is 2.22. The van der Waals surface area contributed by atoms with E-state index in [1.54, 1.807) is 0 Å². The Balaban J connectivity index is 1.31. The highest BCUT2D eigenvalue weighted by molar-refractivity contribution is 5.93. The molecule has 0 saturated carbocycles. The van der Waals surface area contributed by atoms with Crippen molar-refractivity contribution in [3.05, 3.63) is 89.7 Å². The SMILES string of the molecule is CC(C)(O)Cc1ccc(N2CCN(c3nnc(Cc4ccccc4)c4ccccc34)CC2)nc1. The standard InChI is InChI=1S/C28H31N5O/c1-28(2,34)19-22-12-13-26(29-20-22)32-14-16-33(17-15-32)27-24-11-7-6-10-23(24)25(30-31-27)18-21-8-4-3-5-9-21/h3-13,20,34H,14-19H2,1-2H3. The second kappa shape index (κ2) is 9.39. The molecule has 5 rings (SSSR count). The Morgan fingerprint density at radius 2 is 1.44 bits per heavy atom. The molecule has 2 aromatic heterocycles. The van der Waals surface area contributed by atoms with Gasteiger partial charge in [0.25, 0.3) is 0 Å². The summed E-state index contributed by atoms with van der Waals surface area (Å²) in [5.74, 6) is 1.94. The van der Waals surface area contributed by atoms with Gasteiger partial charge in [0.2, 0.25) is 0 Å². The van der Waals surface area contributed by atoms with Gasteiger partial charge in [-0.1, -0.05) is 60.7 Å². The molecule has 1 saturated heterocycles. The Hall–Kier alpha value is -3.51. The fraction of sp³-hybridized carbons (Fsp3) is 0.321. The zero-order valence-electron chi connectivity index (χ0n) is 19.9. The molecule has 1 aliphatic rings. The fourth-order valence-electron chi connectivity index (χ4n) is 4.65. The second-order valence-electron chi connectivity index (χ2n) is 9.67. The minimum atomic E-state index is -0.727. The fourth-order valence-corrected chi connectivity index (χ4v) is 4.65. The summed E-state index contributed by atoms with van der Waals surface area (Å²) >= 11 is 0. The average molecular weight is 454 g/mol. The van der Waals surface area contributed by atoms with Crippen molar-refractivity contribution < 1.29 is 5.11 Å². The van der Waals surface area contributed by atoms with Crippen LogP contribution in [0.5, 0.6) is 0 Å². The van der Waals surface area contributed by atoms with Gasteiger partial charge < -0.3 is 14.9 Å². The van der Waals surface area contributed by atoms with E-state index in [1.807, 2.05) is 26.1 Å². The van der Waals surface area contributed by atoms with E-state index in [0.29, 0.717) is 6.42 Å². The molecule has 0 bridgehead atoms. The first-order valence-corrected chi connectivity index (χ1v) is 11.9. The molecule has 0 unspecified atom stereocenters. The number of rotatable bonds is 6. The molecule has 1 aliphatic heterocycles. The van der Waals surface area contributed by atoms with Crippen LogP contribution in [0.1, 0.15) is 30.7 Å². The van der Waals surface area contributed by atoms with Gasteiger partial charge in [-0.3, -0.25) is 0 Å². The van der Waals surface area contributed by atoms with Gasteiger partial charge in [0.05, 0.1) is 11.3 Å². The van der Waals surface area contributed by atoms with E-state index in [-0.39, 0.29) is 0 Å². The summed E-state index contributed by atoms with van der Waals surface area (Å²) in [5, 5.41) is 21.7. The van der Waals surface area contributed by atoms with Gasteiger partial charge in [0, 0.05) is 56.0 Å². The number of aromatic nitrogens is 3. The molecular formula is C28H31N5O. The number of aliphatic hydroxyl groups is 1. The number of nitrogens with zero attached hydrogens (tertiary/aromatic N) is 5. The molecule has 0 radical (unpaired) electrons. The average Bonchev–Trinajstić information content (AvgIpc) is 2.85. The van der Waals surface area contributed by atoms with E-state index in [9.17, 15) is 5.11 Å². The molecule has 1 N–H and O–H groups in total. The lowest BCUT2D eigenvalue weighted by atomic mass is 10.0. The maximum Gasteiger partial charge on any atom is 0.159 e. The molecule has 2 aromatic carbocycles. The van der Waals surface area contributed by atoms with Crippen LogP contribution < -0.4 is 9.80 Å². The van der Waals surface area contributed by atoms with Crippen molar-refractivity contribution in [3.8, 4) is 0 Å².